The summed E-state index contributed by atoms with van der Waals surface area (Å²) in [6.07, 6.45) is 3.63. The van der Waals surface area contributed by atoms with Gasteiger partial charge in [-0.2, -0.15) is 4.98 Å². The molecule has 0 bridgehead atoms. The molecule has 0 unspecified atom stereocenters. The number of likely N-dealkylation sites (N-methyl/N-ethyl adjacent to an activating group) is 1. The van der Waals surface area contributed by atoms with Crippen molar-refractivity contribution in [3.8, 4) is 17.1 Å². The quantitative estimate of drug-likeness (QED) is 0.392. The lowest BCUT2D eigenvalue weighted by Crippen LogP contribution is -2.17. The van der Waals surface area contributed by atoms with Crippen LogP contribution in [0.15, 0.2) is 59.3 Å². The van der Waals surface area contributed by atoms with Crippen LogP contribution in [-0.2, 0) is 17.8 Å². The first-order valence-electron chi connectivity index (χ1n) is 11.0. The van der Waals surface area contributed by atoms with Crippen molar-refractivity contribution >= 4 is 22.5 Å². The predicted molar refractivity (Wildman–Crippen MR) is 128 cm³/mol. The SMILES string of the molecule is COc1ccc(-c2noc(CCCC(=O)Nc3ccc4c(ccn4CCN(C)C)c3)n2)cc1. The molecule has 33 heavy (non-hydrogen) atoms. The Morgan fingerprint density at radius 2 is 1.97 bits per heavy atom. The van der Waals surface area contributed by atoms with Gasteiger partial charge in [-0.05, 0) is 69.0 Å². The molecule has 0 aliphatic carbocycles. The zero-order valence-corrected chi connectivity index (χ0v) is 19.2. The number of anilines is 1. The minimum absolute atomic E-state index is 0.0312. The highest BCUT2D eigenvalue weighted by Gasteiger charge is 2.11. The number of methoxy groups -OCH3 is 1. The third kappa shape index (κ3) is 5.78. The van der Waals surface area contributed by atoms with Gasteiger partial charge < -0.3 is 24.0 Å². The molecule has 8 heteroatoms. The summed E-state index contributed by atoms with van der Waals surface area (Å²) in [6.45, 7) is 1.90. The first-order chi connectivity index (χ1) is 16.0. The number of ether oxygens (including phenoxy) is 1. The lowest BCUT2D eigenvalue weighted by molar-refractivity contribution is -0.116. The number of hydrogen-bond donors (Lipinski definition) is 1. The molecule has 4 rings (SSSR count). The topological polar surface area (TPSA) is 85.4 Å². The minimum atomic E-state index is -0.0312. The van der Waals surface area contributed by atoms with Crippen molar-refractivity contribution in [2.75, 3.05) is 33.1 Å². The van der Waals surface area contributed by atoms with Gasteiger partial charge in [-0.1, -0.05) is 5.16 Å². The average Bonchev–Trinajstić information content (AvgIpc) is 3.44. The lowest BCUT2D eigenvalue weighted by atomic mass is 10.2. The number of benzene rings is 2. The second-order valence-corrected chi connectivity index (χ2v) is 8.23. The van der Waals surface area contributed by atoms with Gasteiger partial charge in [0.2, 0.25) is 17.6 Å². The molecule has 2 heterocycles. The van der Waals surface area contributed by atoms with Crippen molar-refractivity contribution < 1.29 is 14.1 Å². The van der Waals surface area contributed by atoms with Crippen LogP contribution in [0, 0.1) is 0 Å². The van der Waals surface area contributed by atoms with E-state index in [1.807, 2.05) is 36.4 Å². The number of nitrogens with one attached hydrogen (secondary N) is 1. The Morgan fingerprint density at radius 1 is 1.15 bits per heavy atom. The van der Waals surface area contributed by atoms with Crippen molar-refractivity contribution in [1.29, 1.82) is 0 Å². The molecule has 0 atom stereocenters. The Hall–Kier alpha value is -3.65. The van der Waals surface area contributed by atoms with Gasteiger partial charge in [0.05, 0.1) is 7.11 Å². The number of carbonyl (C=O) groups excluding carboxylic acids is 1. The maximum atomic E-state index is 12.4. The van der Waals surface area contributed by atoms with Gasteiger partial charge in [0.25, 0.3) is 0 Å². The predicted octanol–water partition coefficient (Wildman–Crippen LogP) is 4.22. The number of fused-ring (bicyclic) bond motifs is 1. The Labute approximate surface area is 193 Å². The fraction of sp³-hybridized carbons (Fsp3) is 0.320. The van der Waals surface area contributed by atoms with Gasteiger partial charge in [0.1, 0.15) is 5.75 Å². The number of amides is 1. The van der Waals surface area contributed by atoms with Crippen molar-refractivity contribution in [2.24, 2.45) is 0 Å². The van der Waals surface area contributed by atoms with E-state index in [-0.39, 0.29) is 5.91 Å². The van der Waals surface area contributed by atoms with E-state index in [0.717, 1.165) is 35.5 Å². The Bertz CT molecular complexity index is 1210. The van der Waals surface area contributed by atoms with Crippen LogP contribution >= 0.6 is 0 Å². The van der Waals surface area contributed by atoms with Crippen LogP contribution in [0.3, 0.4) is 0 Å². The Balaban J connectivity index is 1.27. The standard InChI is InChI=1S/C25H29N5O3/c1-29(2)15-16-30-14-13-19-17-20(9-12-22(19)30)26-23(31)5-4-6-24-27-25(28-33-24)18-7-10-21(32-3)11-8-18/h7-14,17H,4-6,15-16H2,1-3H3,(H,26,31). The summed E-state index contributed by atoms with van der Waals surface area (Å²) in [5, 5.41) is 8.13. The van der Waals surface area contributed by atoms with Crippen LogP contribution in [0.5, 0.6) is 5.75 Å². The van der Waals surface area contributed by atoms with E-state index in [1.165, 1.54) is 5.52 Å². The number of aromatic nitrogens is 3. The molecular weight excluding hydrogens is 418 g/mol. The molecule has 0 saturated heterocycles. The maximum Gasteiger partial charge on any atom is 0.226 e. The molecule has 0 spiro atoms. The molecular formula is C25H29N5O3. The fourth-order valence-corrected chi connectivity index (χ4v) is 3.62. The highest BCUT2D eigenvalue weighted by Crippen LogP contribution is 2.22. The Kier molecular flexibility index (Phi) is 7.04. The molecule has 0 radical (unpaired) electrons. The molecule has 0 fully saturated rings. The van der Waals surface area contributed by atoms with Crippen LogP contribution in [0.2, 0.25) is 0 Å². The summed E-state index contributed by atoms with van der Waals surface area (Å²) >= 11 is 0. The summed E-state index contributed by atoms with van der Waals surface area (Å²) in [7, 11) is 5.76. The van der Waals surface area contributed by atoms with E-state index in [2.05, 4.69) is 57.3 Å². The number of carbonyl (C=O) groups is 1. The maximum absolute atomic E-state index is 12.4. The first-order valence-corrected chi connectivity index (χ1v) is 11.0. The minimum Gasteiger partial charge on any atom is -0.497 e. The monoisotopic (exact) mass is 447 g/mol. The molecule has 1 amide bonds. The fourth-order valence-electron chi connectivity index (χ4n) is 3.62. The summed E-state index contributed by atoms with van der Waals surface area (Å²) in [5.74, 6) is 1.79. The molecule has 172 valence electrons. The normalized spacial score (nSPS) is 11.3. The van der Waals surface area contributed by atoms with Gasteiger partial charge in [0, 0.05) is 54.3 Å². The lowest BCUT2D eigenvalue weighted by Gasteiger charge is -2.11. The molecule has 0 saturated carbocycles. The van der Waals surface area contributed by atoms with Crippen molar-refractivity contribution in [1.82, 2.24) is 19.6 Å². The number of rotatable bonds is 10. The summed E-state index contributed by atoms with van der Waals surface area (Å²) in [5.41, 5.74) is 2.82. The third-order valence-electron chi connectivity index (χ3n) is 5.45. The zero-order chi connectivity index (χ0) is 23.2. The highest BCUT2D eigenvalue weighted by atomic mass is 16.5. The molecule has 8 nitrogen and oxygen atoms in total. The molecule has 2 aromatic carbocycles. The summed E-state index contributed by atoms with van der Waals surface area (Å²) < 4.78 is 12.7. The summed E-state index contributed by atoms with van der Waals surface area (Å²) in [6, 6.07) is 15.6. The van der Waals surface area contributed by atoms with E-state index in [9.17, 15) is 4.79 Å². The Morgan fingerprint density at radius 3 is 2.73 bits per heavy atom. The van der Waals surface area contributed by atoms with Crippen LogP contribution in [0.4, 0.5) is 5.69 Å². The van der Waals surface area contributed by atoms with Gasteiger partial charge in [0.15, 0.2) is 0 Å². The third-order valence-corrected chi connectivity index (χ3v) is 5.45. The van der Waals surface area contributed by atoms with Crippen LogP contribution in [0.25, 0.3) is 22.3 Å². The smallest absolute Gasteiger partial charge is 0.226 e. The average molecular weight is 448 g/mol. The molecule has 2 aromatic heterocycles. The van der Waals surface area contributed by atoms with Crippen LogP contribution in [0.1, 0.15) is 18.7 Å². The molecule has 0 aliphatic heterocycles. The van der Waals surface area contributed by atoms with Crippen molar-refractivity contribution in [2.45, 2.75) is 25.8 Å². The van der Waals surface area contributed by atoms with Crippen LogP contribution in [-0.4, -0.2) is 53.3 Å². The molecule has 4 aromatic rings. The second-order valence-electron chi connectivity index (χ2n) is 8.23. The molecule has 0 aliphatic rings. The second kappa shape index (κ2) is 10.3. The van der Waals surface area contributed by atoms with Crippen molar-refractivity contribution in [3.05, 3.63) is 60.6 Å². The first kappa shape index (κ1) is 22.5. The number of hydrogen-bond acceptors (Lipinski definition) is 6. The van der Waals surface area contributed by atoms with Gasteiger partial charge in [-0.3, -0.25) is 4.79 Å². The van der Waals surface area contributed by atoms with Crippen molar-refractivity contribution in [3.63, 3.8) is 0 Å². The van der Waals surface area contributed by atoms with Crippen LogP contribution < -0.4 is 10.1 Å². The van der Waals surface area contributed by atoms with Gasteiger partial charge >= 0.3 is 0 Å². The number of aryl methyl sites for hydroxylation is 1. The van der Waals surface area contributed by atoms with E-state index in [0.29, 0.717) is 31.0 Å². The van der Waals surface area contributed by atoms with E-state index in [1.54, 1.807) is 7.11 Å². The van der Waals surface area contributed by atoms with E-state index >= 15 is 0 Å². The van der Waals surface area contributed by atoms with E-state index < -0.39 is 0 Å². The largest absolute Gasteiger partial charge is 0.497 e. The molecule has 1 N–H and O–H groups in total. The van der Waals surface area contributed by atoms with Gasteiger partial charge in [-0.15, -0.1) is 0 Å². The highest BCUT2D eigenvalue weighted by molar-refractivity contribution is 5.93. The zero-order valence-electron chi connectivity index (χ0n) is 19.2. The number of nitrogens with zero attached hydrogens (tertiary/aromatic N) is 4. The van der Waals surface area contributed by atoms with E-state index in [4.69, 9.17) is 9.26 Å². The summed E-state index contributed by atoms with van der Waals surface area (Å²) in [4.78, 5) is 19.0. The van der Waals surface area contributed by atoms with Gasteiger partial charge in [-0.25, -0.2) is 0 Å².